The summed E-state index contributed by atoms with van der Waals surface area (Å²) in [7, 11) is 0. The van der Waals surface area contributed by atoms with E-state index in [0.717, 1.165) is 0 Å². The van der Waals surface area contributed by atoms with Crippen molar-refractivity contribution in [1.82, 2.24) is 4.90 Å². The summed E-state index contributed by atoms with van der Waals surface area (Å²) < 4.78 is 12.8. The van der Waals surface area contributed by atoms with Gasteiger partial charge in [-0.1, -0.05) is 0 Å². The molecule has 10 heavy (non-hydrogen) atoms. The molecule has 60 valence electrons. The van der Waals surface area contributed by atoms with Crippen LogP contribution in [0.25, 0.3) is 0 Å². The average molecular weight is 146 g/mol. The topological polar surface area (TPSA) is 29.3 Å². The second-order valence-corrected chi connectivity index (χ2v) is 3.23. The molecule has 0 saturated carbocycles. The van der Waals surface area contributed by atoms with E-state index in [9.17, 15) is 4.39 Å². The summed E-state index contributed by atoms with van der Waals surface area (Å²) >= 11 is 0. The van der Waals surface area contributed by atoms with Gasteiger partial charge < -0.3 is 5.73 Å². The molecule has 2 nitrogen and oxygen atoms in total. The van der Waals surface area contributed by atoms with Crippen molar-refractivity contribution in [2.24, 2.45) is 5.73 Å². The molecule has 0 spiro atoms. The first kappa shape index (κ1) is 7.95. The van der Waals surface area contributed by atoms with Crippen molar-refractivity contribution in [3.05, 3.63) is 0 Å². The zero-order valence-corrected chi connectivity index (χ0v) is 6.55. The standard InChI is InChI=1S/C7H15FN2/c1-5(2)10-3-6(8)7(9)4-10/h5-7H,3-4,9H2,1-2H3/t6-,7-/m0/s1. The molecule has 0 bridgehead atoms. The molecular formula is C7H15FN2. The van der Waals surface area contributed by atoms with Crippen LogP contribution in [0.5, 0.6) is 0 Å². The molecule has 0 amide bonds. The summed E-state index contributed by atoms with van der Waals surface area (Å²) in [4.78, 5) is 2.06. The lowest BCUT2D eigenvalue weighted by Gasteiger charge is -2.18. The molecule has 0 aromatic carbocycles. The monoisotopic (exact) mass is 146 g/mol. The maximum Gasteiger partial charge on any atom is 0.129 e. The van der Waals surface area contributed by atoms with Gasteiger partial charge in [-0.2, -0.15) is 0 Å². The number of likely N-dealkylation sites (tertiary alicyclic amines) is 1. The Hall–Kier alpha value is -0.150. The van der Waals surface area contributed by atoms with Crippen LogP contribution in [0.1, 0.15) is 13.8 Å². The third-order valence-electron chi connectivity index (χ3n) is 2.05. The van der Waals surface area contributed by atoms with Crippen LogP contribution in [-0.4, -0.2) is 36.2 Å². The van der Waals surface area contributed by atoms with Crippen LogP contribution in [0, 0.1) is 0 Å². The minimum absolute atomic E-state index is 0.262. The van der Waals surface area contributed by atoms with Crippen molar-refractivity contribution in [3.63, 3.8) is 0 Å². The molecule has 1 saturated heterocycles. The van der Waals surface area contributed by atoms with E-state index < -0.39 is 6.17 Å². The molecule has 1 aliphatic rings. The minimum atomic E-state index is -0.817. The highest BCUT2D eigenvalue weighted by molar-refractivity contribution is 4.87. The van der Waals surface area contributed by atoms with Gasteiger partial charge in [0, 0.05) is 25.2 Å². The lowest BCUT2D eigenvalue weighted by Crippen LogP contribution is -2.32. The molecule has 1 heterocycles. The van der Waals surface area contributed by atoms with E-state index in [-0.39, 0.29) is 6.04 Å². The Morgan fingerprint density at radius 3 is 2.30 bits per heavy atom. The first-order valence-electron chi connectivity index (χ1n) is 3.75. The van der Waals surface area contributed by atoms with Gasteiger partial charge in [0.25, 0.3) is 0 Å². The van der Waals surface area contributed by atoms with Crippen molar-refractivity contribution in [2.75, 3.05) is 13.1 Å². The van der Waals surface area contributed by atoms with Gasteiger partial charge in [-0.15, -0.1) is 0 Å². The Bertz CT molecular complexity index is 106. The number of nitrogens with zero attached hydrogens (tertiary/aromatic N) is 1. The van der Waals surface area contributed by atoms with Gasteiger partial charge in [0.1, 0.15) is 6.17 Å². The smallest absolute Gasteiger partial charge is 0.129 e. The molecule has 2 N–H and O–H groups in total. The summed E-state index contributed by atoms with van der Waals surface area (Å²) in [6.07, 6.45) is -0.817. The van der Waals surface area contributed by atoms with Crippen molar-refractivity contribution >= 4 is 0 Å². The van der Waals surface area contributed by atoms with Crippen molar-refractivity contribution < 1.29 is 4.39 Å². The highest BCUT2D eigenvalue weighted by Gasteiger charge is 2.30. The van der Waals surface area contributed by atoms with E-state index in [1.165, 1.54) is 0 Å². The summed E-state index contributed by atoms with van der Waals surface area (Å²) in [5, 5.41) is 0. The van der Waals surface area contributed by atoms with Gasteiger partial charge in [0.15, 0.2) is 0 Å². The summed E-state index contributed by atoms with van der Waals surface area (Å²) in [6.45, 7) is 5.34. The van der Waals surface area contributed by atoms with Crippen molar-refractivity contribution in [1.29, 1.82) is 0 Å². The van der Waals surface area contributed by atoms with E-state index in [1.54, 1.807) is 0 Å². The highest BCUT2D eigenvalue weighted by Crippen LogP contribution is 2.13. The fraction of sp³-hybridized carbons (Fsp3) is 1.00. The summed E-state index contributed by atoms with van der Waals surface area (Å²) in [6, 6.07) is 0.161. The summed E-state index contributed by atoms with van der Waals surface area (Å²) in [5.74, 6) is 0. The number of hydrogen-bond acceptors (Lipinski definition) is 2. The maximum atomic E-state index is 12.8. The van der Waals surface area contributed by atoms with E-state index >= 15 is 0 Å². The minimum Gasteiger partial charge on any atom is -0.324 e. The number of hydrogen-bond donors (Lipinski definition) is 1. The summed E-state index contributed by atoms with van der Waals surface area (Å²) in [5.41, 5.74) is 5.49. The zero-order chi connectivity index (χ0) is 7.72. The van der Waals surface area contributed by atoms with E-state index in [2.05, 4.69) is 18.7 Å². The van der Waals surface area contributed by atoms with Gasteiger partial charge in [-0.25, -0.2) is 4.39 Å². The van der Waals surface area contributed by atoms with E-state index in [4.69, 9.17) is 5.73 Å². The third-order valence-corrected chi connectivity index (χ3v) is 2.05. The van der Waals surface area contributed by atoms with E-state index in [1.807, 2.05) is 0 Å². The lowest BCUT2D eigenvalue weighted by molar-refractivity contribution is 0.245. The molecule has 1 aliphatic heterocycles. The van der Waals surface area contributed by atoms with Crippen LogP contribution >= 0.6 is 0 Å². The fourth-order valence-electron chi connectivity index (χ4n) is 1.24. The number of nitrogens with two attached hydrogens (primary N) is 1. The largest absolute Gasteiger partial charge is 0.324 e. The van der Waals surface area contributed by atoms with Gasteiger partial charge in [-0.05, 0) is 13.8 Å². The molecule has 2 atom stereocenters. The number of halogens is 1. The Labute approximate surface area is 61.2 Å². The Morgan fingerprint density at radius 1 is 1.50 bits per heavy atom. The van der Waals surface area contributed by atoms with E-state index in [0.29, 0.717) is 19.1 Å². The third kappa shape index (κ3) is 1.47. The molecule has 0 aromatic heterocycles. The zero-order valence-electron chi connectivity index (χ0n) is 6.55. The molecule has 1 fully saturated rings. The van der Waals surface area contributed by atoms with Crippen LogP contribution in [-0.2, 0) is 0 Å². The molecule has 3 heteroatoms. The predicted molar refractivity (Wildman–Crippen MR) is 39.6 cm³/mol. The molecule has 0 aromatic rings. The Balaban J connectivity index is 2.41. The van der Waals surface area contributed by atoms with Crippen LogP contribution < -0.4 is 5.73 Å². The first-order valence-corrected chi connectivity index (χ1v) is 3.75. The molecule has 0 aliphatic carbocycles. The van der Waals surface area contributed by atoms with Crippen LogP contribution in [0.4, 0.5) is 4.39 Å². The second kappa shape index (κ2) is 2.84. The normalized spacial score (nSPS) is 35.7. The van der Waals surface area contributed by atoms with Gasteiger partial charge in [0.2, 0.25) is 0 Å². The van der Waals surface area contributed by atoms with Gasteiger partial charge in [0.05, 0.1) is 0 Å². The highest BCUT2D eigenvalue weighted by atomic mass is 19.1. The van der Waals surface area contributed by atoms with Gasteiger partial charge in [-0.3, -0.25) is 4.90 Å². The quantitative estimate of drug-likeness (QED) is 0.579. The SMILES string of the molecule is CC(C)N1C[C@H](N)[C@@H](F)C1. The Kier molecular flexibility index (Phi) is 2.26. The van der Waals surface area contributed by atoms with Crippen molar-refractivity contribution in [2.45, 2.75) is 32.1 Å². The number of alkyl halides is 1. The maximum absolute atomic E-state index is 12.8. The van der Waals surface area contributed by atoms with Crippen LogP contribution in [0.2, 0.25) is 0 Å². The average Bonchev–Trinajstić information content (AvgIpc) is 2.13. The lowest BCUT2D eigenvalue weighted by atomic mass is 10.2. The fourth-order valence-corrected chi connectivity index (χ4v) is 1.24. The molecule has 1 rings (SSSR count). The van der Waals surface area contributed by atoms with Gasteiger partial charge >= 0.3 is 0 Å². The van der Waals surface area contributed by atoms with Crippen LogP contribution in [0.3, 0.4) is 0 Å². The first-order chi connectivity index (χ1) is 4.61. The molecule has 0 unspecified atom stereocenters. The second-order valence-electron chi connectivity index (χ2n) is 3.23. The Morgan fingerprint density at radius 2 is 2.10 bits per heavy atom. The van der Waals surface area contributed by atoms with Crippen LogP contribution in [0.15, 0.2) is 0 Å². The molecular weight excluding hydrogens is 131 g/mol. The molecule has 0 radical (unpaired) electrons. The number of rotatable bonds is 1. The predicted octanol–water partition coefficient (Wildman–Crippen LogP) is 0.376. The van der Waals surface area contributed by atoms with Crippen molar-refractivity contribution in [3.8, 4) is 0 Å².